The van der Waals surface area contributed by atoms with Crippen LogP contribution in [0.1, 0.15) is 55.0 Å². The number of nitrogens with one attached hydrogen (secondary N) is 1. The average molecular weight is 666 g/mol. The highest BCUT2D eigenvalue weighted by molar-refractivity contribution is 7.91. The number of rotatable bonds is 16. The summed E-state index contributed by atoms with van der Waals surface area (Å²) in [5.74, 6) is 0.0855. The zero-order chi connectivity index (χ0) is 31.0. The van der Waals surface area contributed by atoms with Crippen molar-refractivity contribution in [2.24, 2.45) is 10.9 Å². The van der Waals surface area contributed by atoms with Gasteiger partial charge in [0.1, 0.15) is 24.1 Å². The van der Waals surface area contributed by atoms with Gasteiger partial charge in [0.25, 0.3) is 10.0 Å². The Morgan fingerprint density at radius 2 is 1.89 bits per heavy atom. The number of hydrogen-bond acceptors (Lipinski definition) is 11. The number of nitrogens with two attached hydrogens (primary N) is 2. The number of sulfonamides is 1. The summed E-state index contributed by atoms with van der Waals surface area (Å²) in [4.78, 5) is 29.2. The van der Waals surface area contributed by atoms with Crippen molar-refractivity contribution < 1.29 is 27.9 Å². The van der Waals surface area contributed by atoms with Crippen LogP contribution in [0.2, 0.25) is 0 Å². The van der Waals surface area contributed by atoms with Crippen LogP contribution in [0.4, 0.5) is 0 Å². The molecule has 0 saturated carbocycles. The first-order valence-corrected chi connectivity index (χ1v) is 16.1. The number of ketones is 1. The topological polar surface area (TPSA) is 205 Å². The molecule has 4 aromatic rings. The standard InChI is InChI=1S/C28H35N7O6S2.ClH/c1-18-7-9-19(10-8-18)14-31-27(38)24(5-3-2-4-6-25(37)22(29)16-36)35-15-20(33-34-35)17-41-21-11-12-23-26(13-21)42-28(32-23)43(30,39)40;/h7-13,15,22,24,36H,2-6,14,16-17,29H2,1H3,(H,31,38)(H2,30,39,40);1H/t22-,24-;/m0./s1. The molecule has 2 aromatic carbocycles. The van der Waals surface area contributed by atoms with Gasteiger partial charge in [-0.15, -0.1) is 28.8 Å². The minimum atomic E-state index is -3.90. The normalized spacial score (nSPS) is 12.8. The fourth-order valence-corrected chi connectivity index (χ4v) is 5.97. The summed E-state index contributed by atoms with van der Waals surface area (Å²) < 4.78 is 31.0. The molecule has 0 saturated heterocycles. The third-order valence-corrected chi connectivity index (χ3v) is 9.09. The lowest BCUT2D eigenvalue weighted by atomic mass is 10.0. The van der Waals surface area contributed by atoms with E-state index in [-0.39, 0.29) is 48.1 Å². The van der Waals surface area contributed by atoms with E-state index < -0.39 is 22.1 Å². The molecule has 1 amide bonds. The van der Waals surface area contributed by atoms with Crippen LogP contribution < -0.4 is 20.9 Å². The number of Topliss-reactive ketones (excluding diaryl/α,β-unsaturated/α-hetero) is 1. The number of aromatic nitrogens is 4. The number of carbonyl (C=O) groups excluding carboxylic acids is 2. The van der Waals surface area contributed by atoms with E-state index in [0.29, 0.717) is 53.9 Å². The number of aliphatic hydroxyl groups excluding tert-OH is 1. The number of nitrogens with zero attached hydrogens (tertiary/aromatic N) is 4. The van der Waals surface area contributed by atoms with Gasteiger partial charge in [-0.25, -0.2) is 23.2 Å². The number of carbonyl (C=O) groups is 2. The molecule has 0 bridgehead atoms. The molecule has 0 unspecified atom stereocenters. The first kappa shape index (κ1) is 35.0. The van der Waals surface area contributed by atoms with Crippen LogP contribution in [0.5, 0.6) is 5.75 Å². The van der Waals surface area contributed by atoms with Crippen molar-refractivity contribution in [1.29, 1.82) is 0 Å². The summed E-state index contributed by atoms with van der Waals surface area (Å²) in [6.45, 7) is 2.05. The average Bonchev–Trinajstić information content (AvgIpc) is 3.64. The van der Waals surface area contributed by atoms with Crippen LogP contribution in [-0.2, 0) is 32.8 Å². The van der Waals surface area contributed by atoms with Crippen molar-refractivity contribution in [3.05, 3.63) is 65.5 Å². The first-order chi connectivity index (χ1) is 20.5. The van der Waals surface area contributed by atoms with Crippen molar-refractivity contribution in [2.75, 3.05) is 6.61 Å². The van der Waals surface area contributed by atoms with E-state index in [1.165, 1.54) is 4.68 Å². The largest absolute Gasteiger partial charge is 0.487 e. The zero-order valence-corrected chi connectivity index (χ0v) is 26.5. The highest BCUT2D eigenvalue weighted by Gasteiger charge is 2.22. The number of amides is 1. The first-order valence-electron chi connectivity index (χ1n) is 13.7. The predicted octanol–water partition coefficient (Wildman–Crippen LogP) is 2.54. The fraction of sp³-hybridized carbons (Fsp3) is 0.393. The number of fused-ring (bicyclic) bond motifs is 1. The number of hydrogen-bond donors (Lipinski definition) is 4. The van der Waals surface area contributed by atoms with E-state index in [2.05, 4.69) is 20.6 Å². The smallest absolute Gasteiger partial charge is 0.265 e. The summed E-state index contributed by atoms with van der Waals surface area (Å²) in [6.07, 6.45) is 4.36. The van der Waals surface area contributed by atoms with Gasteiger partial charge < -0.3 is 20.9 Å². The highest BCUT2D eigenvalue weighted by atomic mass is 35.5. The number of ether oxygens (including phenoxy) is 1. The Kier molecular flexibility index (Phi) is 12.7. The highest BCUT2D eigenvalue weighted by Crippen LogP contribution is 2.28. The van der Waals surface area contributed by atoms with Gasteiger partial charge in [-0.1, -0.05) is 47.9 Å². The Bertz CT molecular complexity index is 1660. The molecule has 44 heavy (non-hydrogen) atoms. The summed E-state index contributed by atoms with van der Waals surface area (Å²) in [7, 11) is -3.90. The Balaban J connectivity index is 0.00000529. The summed E-state index contributed by atoms with van der Waals surface area (Å²) >= 11 is 0.953. The van der Waals surface area contributed by atoms with Gasteiger partial charge in [0, 0.05) is 13.0 Å². The van der Waals surface area contributed by atoms with E-state index in [1.54, 1.807) is 24.4 Å². The van der Waals surface area contributed by atoms with Gasteiger partial charge >= 0.3 is 0 Å². The molecule has 6 N–H and O–H groups in total. The molecule has 2 atom stereocenters. The number of aliphatic hydroxyl groups is 1. The molecule has 238 valence electrons. The fourth-order valence-electron chi connectivity index (χ4n) is 4.28. The number of primary sulfonamides is 1. The van der Waals surface area contributed by atoms with E-state index in [1.807, 2.05) is 31.2 Å². The van der Waals surface area contributed by atoms with E-state index in [9.17, 15) is 18.0 Å². The Morgan fingerprint density at radius 1 is 1.14 bits per heavy atom. The van der Waals surface area contributed by atoms with Gasteiger partial charge in [-0.05, 0) is 43.5 Å². The van der Waals surface area contributed by atoms with Gasteiger partial charge in [-0.2, -0.15) is 0 Å². The number of unbranched alkanes of at least 4 members (excludes halogenated alkanes) is 2. The maximum atomic E-state index is 13.3. The van der Waals surface area contributed by atoms with Crippen LogP contribution in [0.3, 0.4) is 0 Å². The van der Waals surface area contributed by atoms with Gasteiger partial charge in [-0.3, -0.25) is 9.59 Å². The maximum Gasteiger partial charge on any atom is 0.265 e. The lowest BCUT2D eigenvalue weighted by Crippen LogP contribution is -2.33. The molecule has 0 aliphatic heterocycles. The Morgan fingerprint density at radius 3 is 2.59 bits per heavy atom. The molecule has 4 rings (SSSR count). The molecule has 13 nitrogen and oxygen atoms in total. The number of thiazole rings is 1. The second-order valence-electron chi connectivity index (χ2n) is 10.2. The van der Waals surface area contributed by atoms with Crippen LogP contribution >= 0.6 is 23.7 Å². The summed E-state index contributed by atoms with van der Waals surface area (Å²) in [6, 6.07) is 11.4. The third-order valence-electron chi connectivity index (χ3n) is 6.75. The maximum absolute atomic E-state index is 13.3. The van der Waals surface area contributed by atoms with Gasteiger partial charge in [0.2, 0.25) is 10.2 Å². The summed E-state index contributed by atoms with van der Waals surface area (Å²) in [5, 5.41) is 25.6. The molecular weight excluding hydrogens is 630 g/mol. The monoisotopic (exact) mass is 665 g/mol. The lowest BCUT2D eigenvalue weighted by molar-refractivity contribution is -0.125. The number of benzene rings is 2. The molecule has 0 radical (unpaired) electrons. The second-order valence-corrected chi connectivity index (χ2v) is 13.0. The van der Waals surface area contributed by atoms with Crippen molar-refractivity contribution in [3.63, 3.8) is 0 Å². The van der Waals surface area contributed by atoms with E-state index in [4.69, 9.17) is 20.7 Å². The van der Waals surface area contributed by atoms with Crippen molar-refractivity contribution in [2.45, 2.75) is 68.6 Å². The Hall–Kier alpha value is -3.47. The molecule has 0 aliphatic rings. The van der Waals surface area contributed by atoms with E-state index in [0.717, 1.165) is 22.5 Å². The van der Waals surface area contributed by atoms with Crippen LogP contribution in [-0.4, -0.2) is 57.8 Å². The number of halogens is 1. The quantitative estimate of drug-likeness (QED) is 0.129. The second kappa shape index (κ2) is 16.0. The minimum absolute atomic E-state index is 0. The van der Waals surface area contributed by atoms with Crippen LogP contribution in [0.25, 0.3) is 10.2 Å². The van der Waals surface area contributed by atoms with Gasteiger partial charge in [0.05, 0.1) is 29.1 Å². The molecule has 0 spiro atoms. The van der Waals surface area contributed by atoms with E-state index >= 15 is 0 Å². The Labute approximate surface area is 265 Å². The zero-order valence-electron chi connectivity index (χ0n) is 24.1. The third kappa shape index (κ3) is 9.77. The van der Waals surface area contributed by atoms with Crippen LogP contribution in [0.15, 0.2) is 53.0 Å². The van der Waals surface area contributed by atoms with Gasteiger partial charge in [0.15, 0.2) is 5.78 Å². The molecular formula is C28H36ClN7O6S2. The molecule has 2 aromatic heterocycles. The molecule has 0 fully saturated rings. The van der Waals surface area contributed by atoms with Crippen molar-refractivity contribution >= 4 is 55.7 Å². The molecule has 16 heteroatoms. The summed E-state index contributed by atoms with van der Waals surface area (Å²) in [5.41, 5.74) is 8.67. The lowest BCUT2D eigenvalue weighted by Gasteiger charge is -2.17. The van der Waals surface area contributed by atoms with Crippen molar-refractivity contribution in [3.8, 4) is 5.75 Å². The predicted molar refractivity (Wildman–Crippen MR) is 168 cm³/mol. The molecule has 0 aliphatic carbocycles. The SMILES string of the molecule is Cc1ccc(CNC(=O)[C@H](CCCCCC(=O)[C@@H](N)CO)n2cc(COc3ccc4nc(S(N)(=O)=O)sc4c3)nn2)cc1.Cl. The number of aryl methyl sites for hydroxylation is 1. The van der Waals surface area contributed by atoms with Crippen molar-refractivity contribution in [1.82, 2.24) is 25.3 Å². The minimum Gasteiger partial charge on any atom is -0.487 e. The molecule has 2 heterocycles. The van der Waals surface area contributed by atoms with Crippen LogP contribution in [0, 0.1) is 6.92 Å².